The largest absolute Gasteiger partial charge is 0.452 e. The summed E-state index contributed by atoms with van der Waals surface area (Å²) in [7, 11) is 0. The fourth-order valence-corrected chi connectivity index (χ4v) is 3.52. The molecular formula is C23H25N3O4. The van der Waals surface area contributed by atoms with Crippen LogP contribution in [0.25, 0.3) is 10.8 Å². The summed E-state index contributed by atoms with van der Waals surface area (Å²) in [6, 6.07) is 8.55. The number of hydrogen-bond acceptors (Lipinski definition) is 5. The maximum absolute atomic E-state index is 12.8. The highest BCUT2D eigenvalue weighted by atomic mass is 16.5. The zero-order valence-electron chi connectivity index (χ0n) is 17.5. The molecule has 3 rings (SSSR count). The summed E-state index contributed by atoms with van der Waals surface area (Å²) in [5.74, 6) is -1.03. The first-order valence-electron chi connectivity index (χ1n) is 9.86. The molecule has 2 aromatic heterocycles. The maximum Gasteiger partial charge on any atom is 0.359 e. The standard InChI is InChI=1S/C23H25N3O4/c1-5-11-25-15(3)13-19(16(25)4)20(27)14-30-23(29)21-17-9-7-8-10-18(17)22(28)26(24-21)12-6-2/h5,7-10,13H,1,6,11-12,14H2,2-4H3. The molecule has 7 heteroatoms. The van der Waals surface area contributed by atoms with Crippen LogP contribution in [0.5, 0.6) is 0 Å². The van der Waals surface area contributed by atoms with Gasteiger partial charge in [0.15, 0.2) is 12.3 Å². The molecule has 0 saturated heterocycles. The molecule has 3 aromatic rings. The third-order valence-corrected chi connectivity index (χ3v) is 5.02. The van der Waals surface area contributed by atoms with Crippen LogP contribution >= 0.6 is 0 Å². The van der Waals surface area contributed by atoms with Gasteiger partial charge in [-0.05, 0) is 32.4 Å². The van der Waals surface area contributed by atoms with Crippen molar-refractivity contribution in [2.75, 3.05) is 6.61 Å². The van der Waals surface area contributed by atoms with Gasteiger partial charge in [0, 0.05) is 35.4 Å². The highest BCUT2D eigenvalue weighted by Gasteiger charge is 2.21. The summed E-state index contributed by atoms with van der Waals surface area (Å²) in [6.45, 7) is 9.99. The predicted octanol–water partition coefficient (Wildman–Crippen LogP) is 3.45. The van der Waals surface area contributed by atoms with Gasteiger partial charge in [-0.25, -0.2) is 9.48 Å². The van der Waals surface area contributed by atoms with Crippen molar-refractivity contribution in [1.29, 1.82) is 0 Å². The van der Waals surface area contributed by atoms with Crippen molar-refractivity contribution in [1.82, 2.24) is 14.3 Å². The van der Waals surface area contributed by atoms with Gasteiger partial charge in [0.05, 0.1) is 5.39 Å². The van der Waals surface area contributed by atoms with Crippen LogP contribution in [0.3, 0.4) is 0 Å². The Labute approximate surface area is 174 Å². The summed E-state index contributed by atoms with van der Waals surface area (Å²) in [6.07, 6.45) is 2.45. The predicted molar refractivity (Wildman–Crippen MR) is 115 cm³/mol. The van der Waals surface area contributed by atoms with Crippen LogP contribution in [0.4, 0.5) is 0 Å². The van der Waals surface area contributed by atoms with E-state index in [1.807, 2.05) is 25.3 Å². The Bertz CT molecular complexity index is 1190. The van der Waals surface area contributed by atoms with Crippen LogP contribution in [0.2, 0.25) is 0 Å². The van der Waals surface area contributed by atoms with Gasteiger partial charge in [-0.1, -0.05) is 31.2 Å². The zero-order chi connectivity index (χ0) is 21.8. The first-order chi connectivity index (χ1) is 14.4. The van der Waals surface area contributed by atoms with Gasteiger partial charge in [-0.3, -0.25) is 9.59 Å². The van der Waals surface area contributed by atoms with E-state index >= 15 is 0 Å². The van der Waals surface area contributed by atoms with E-state index in [4.69, 9.17) is 4.74 Å². The number of Topliss-reactive ketones (excluding diaryl/α,β-unsaturated/α-hetero) is 1. The van der Waals surface area contributed by atoms with Gasteiger partial charge < -0.3 is 9.30 Å². The average molecular weight is 407 g/mol. The average Bonchev–Trinajstić information content (AvgIpc) is 3.02. The number of benzene rings is 1. The van der Waals surface area contributed by atoms with E-state index in [0.717, 1.165) is 11.4 Å². The summed E-state index contributed by atoms with van der Waals surface area (Å²) in [5.41, 5.74) is 2.02. The Kier molecular flexibility index (Phi) is 6.30. The number of allylic oxidation sites excluding steroid dienone is 1. The second-order valence-corrected chi connectivity index (χ2v) is 7.11. The molecule has 0 amide bonds. The number of hydrogen-bond donors (Lipinski definition) is 0. The highest BCUT2D eigenvalue weighted by molar-refractivity contribution is 6.04. The molecule has 0 aliphatic rings. The minimum absolute atomic E-state index is 0.0311. The molecule has 0 spiro atoms. The monoisotopic (exact) mass is 407 g/mol. The van der Waals surface area contributed by atoms with Crippen molar-refractivity contribution in [3.05, 3.63) is 76.0 Å². The molecule has 0 aliphatic carbocycles. The lowest BCUT2D eigenvalue weighted by molar-refractivity contribution is 0.0468. The van der Waals surface area contributed by atoms with Crippen molar-refractivity contribution >= 4 is 22.5 Å². The second-order valence-electron chi connectivity index (χ2n) is 7.11. The molecule has 7 nitrogen and oxygen atoms in total. The number of nitrogens with zero attached hydrogens (tertiary/aromatic N) is 3. The molecule has 0 fully saturated rings. The van der Waals surface area contributed by atoms with E-state index in [0.29, 0.717) is 35.8 Å². The van der Waals surface area contributed by atoms with Crippen molar-refractivity contribution in [3.8, 4) is 0 Å². The van der Waals surface area contributed by atoms with Crippen LogP contribution in [-0.2, 0) is 17.8 Å². The van der Waals surface area contributed by atoms with Crippen LogP contribution in [0, 0.1) is 13.8 Å². The van der Waals surface area contributed by atoms with Gasteiger partial charge in [0.1, 0.15) is 0 Å². The van der Waals surface area contributed by atoms with Gasteiger partial charge >= 0.3 is 5.97 Å². The van der Waals surface area contributed by atoms with Crippen molar-refractivity contribution < 1.29 is 14.3 Å². The van der Waals surface area contributed by atoms with Gasteiger partial charge in [0.25, 0.3) is 5.56 Å². The summed E-state index contributed by atoms with van der Waals surface area (Å²) < 4.78 is 8.53. The van der Waals surface area contributed by atoms with Crippen molar-refractivity contribution in [2.45, 2.75) is 40.3 Å². The Morgan fingerprint density at radius 1 is 1.20 bits per heavy atom. The second kappa shape index (κ2) is 8.90. The summed E-state index contributed by atoms with van der Waals surface area (Å²) in [5, 5.41) is 5.01. The fraction of sp³-hybridized carbons (Fsp3) is 0.304. The Hall–Kier alpha value is -3.48. The third-order valence-electron chi connectivity index (χ3n) is 5.02. The fourth-order valence-electron chi connectivity index (χ4n) is 3.52. The van der Waals surface area contributed by atoms with Crippen molar-refractivity contribution in [2.24, 2.45) is 0 Å². The van der Waals surface area contributed by atoms with E-state index in [2.05, 4.69) is 11.7 Å². The van der Waals surface area contributed by atoms with Crippen molar-refractivity contribution in [3.63, 3.8) is 0 Å². The van der Waals surface area contributed by atoms with E-state index in [1.54, 1.807) is 36.4 Å². The molecule has 2 heterocycles. The zero-order valence-corrected chi connectivity index (χ0v) is 17.5. The molecule has 0 unspecified atom stereocenters. The molecule has 0 saturated carbocycles. The minimum Gasteiger partial charge on any atom is -0.452 e. The van der Waals surface area contributed by atoms with Gasteiger partial charge in [-0.2, -0.15) is 5.10 Å². The molecule has 1 aromatic carbocycles. The first-order valence-corrected chi connectivity index (χ1v) is 9.86. The minimum atomic E-state index is -0.732. The lowest BCUT2D eigenvalue weighted by Crippen LogP contribution is -2.27. The summed E-state index contributed by atoms with van der Waals surface area (Å²) in [4.78, 5) is 38.0. The molecule has 0 atom stereocenters. The molecule has 0 radical (unpaired) electrons. The van der Waals surface area contributed by atoms with E-state index < -0.39 is 12.6 Å². The number of fused-ring (bicyclic) bond motifs is 1. The number of carbonyl (C=O) groups excluding carboxylic acids is 2. The van der Waals surface area contributed by atoms with Crippen LogP contribution in [0.1, 0.15) is 45.6 Å². The lowest BCUT2D eigenvalue weighted by Gasteiger charge is -2.10. The molecular weight excluding hydrogens is 382 g/mol. The number of aromatic nitrogens is 3. The van der Waals surface area contributed by atoms with E-state index in [9.17, 15) is 14.4 Å². The Morgan fingerprint density at radius 3 is 2.57 bits per heavy atom. The van der Waals surface area contributed by atoms with Crippen LogP contribution in [-0.4, -0.2) is 32.7 Å². The SMILES string of the molecule is C=CCn1c(C)cc(C(=O)COC(=O)c2nn(CCC)c(=O)c3ccccc23)c1C. The van der Waals surface area contributed by atoms with E-state index in [1.165, 1.54) is 4.68 Å². The molecule has 30 heavy (non-hydrogen) atoms. The van der Waals surface area contributed by atoms with Gasteiger partial charge in [0.2, 0.25) is 5.78 Å². The van der Waals surface area contributed by atoms with E-state index in [-0.39, 0.29) is 17.0 Å². The number of ketones is 1. The summed E-state index contributed by atoms with van der Waals surface area (Å²) >= 11 is 0. The topological polar surface area (TPSA) is 83.2 Å². The van der Waals surface area contributed by atoms with Crippen LogP contribution < -0.4 is 5.56 Å². The van der Waals surface area contributed by atoms with Gasteiger partial charge in [-0.15, -0.1) is 6.58 Å². The number of aryl methyl sites for hydroxylation is 2. The lowest BCUT2D eigenvalue weighted by atomic mass is 10.1. The van der Waals surface area contributed by atoms with Crippen LogP contribution in [0.15, 0.2) is 47.8 Å². The highest BCUT2D eigenvalue weighted by Crippen LogP contribution is 2.17. The number of rotatable bonds is 8. The normalized spacial score (nSPS) is 10.9. The Morgan fingerprint density at radius 2 is 1.90 bits per heavy atom. The maximum atomic E-state index is 12.8. The number of carbonyl (C=O) groups is 2. The number of esters is 1. The molecule has 156 valence electrons. The number of ether oxygens (including phenoxy) is 1. The Balaban J connectivity index is 1.87. The molecule has 0 aliphatic heterocycles. The molecule has 0 bridgehead atoms. The molecule has 0 N–H and O–H groups in total. The quantitative estimate of drug-likeness (QED) is 0.324. The smallest absolute Gasteiger partial charge is 0.359 e. The first kappa shape index (κ1) is 21.2. The third kappa shape index (κ3) is 3.96.